The largest absolute Gasteiger partial charge is 0.349 e. The van der Waals surface area contributed by atoms with Crippen molar-refractivity contribution in [3.63, 3.8) is 0 Å². The van der Waals surface area contributed by atoms with Gasteiger partial charge in [-0.2, -0.15) is 5.26 Å². The zero-order valence-electron chi connectivity index (χ0n) is 9.97. The van der Waals surface area contributed by atoms with Crippen LogP contribution in [0.15, 0.2) is 48.1 Å². The average Bonchev–Trinajstić information content (AvgIpc) is 3.19. The molecule has 1 amide bonds. The normalized spacial score (nSPS) is 15.4. The Bertz CT molecular complexity index is 519. The lowest BCUT2D eigenvalue weighted by atomic mass is 10.2. The highest BCUT2D eigenvalue weighted by molar-refractivity contribution is 5.98. The summed E-state index contributed by atoms with van der Waals surface area (Å²) in [6.45, 7) is 0. The molecular formula is C15H14N2O. The van der Waals surface area contributed by atoms with Crippen LogP contribution in [0.25, 0.3) is 6.08 Å². The monoisotopic (exact) mass is 238 g/mol. The van der Waals surface area contributed by atoms with E-state index in [4.69, 9.17) is 5.26 Å². The number of carbonyl (C=O) groups excluding carboxylic acids is 1. The number of hydrogen-bond donors (Lipinski definition) is 1. The van der Waals surface area contributed by atoms with Crippen molar-refractivity contribution in [2.24, 2.45) is 0 Å². The van der Waals surface area contributed by atoms with Gasteiger partial charge in [-0.25, -0.2) is 0 Å². The highest BCUT2D eigenvalue weighted by Crippen LogP contribution is 2.19. The molecule has 0 aliphatic heterocycles. The van der Waals surface area contributed by atoms with Crippen LogP contribution < -0.4 is 5.32 Å². The molecular weight excluding hydrogens is 224 g/mol. The average molecular weight is 238 g/mol. The maximum atomic E-state index is 11.6. The second kappa shape index (κ2) is 5.83. The molecule has 1 aromatic carbocycles. The Kier molecular flexibility index (Phi) is 3.93. The van der Waals surface area contributed by atoms with Gasteiger partial charge in [0, 0.05) is 6.04 Å². The van der Waals surface area contributed by atoms with Crippen molar-refractivity contribution in [2.45, 2.75) is 18.9 Å². The molecule has 0 radical (unpaired) electrons. The Morgan fingerprint density at radius 1 is 1.33 bits per heavy atom. The van der Waals surface area contributed by atoms with Gasteiger partial charge in [0.2, 0.25) is 0 Å². The fourth-order valence-corrected chi connectivity index (χ4v) is 1.47. The molecule has 1 aliphatic carbocycles. The van der Waals surface area contributed by atoms with Crippen LogP contribution in [0.5, 0.6) is 0 Å². The number of nitrogens with one attached hydrogen (secondary N) is 1. The number of rotatable bonds is 4. The van der Waals surface area contributed by atoms with Gasteiger partial charge in [-0.15, -0.1) is 0 Å². The van der Waals surface area contributed by atoms with Crippen LogP contribution in [0.2, 0.25) is 0 Å². The molecule has 3 heteroatoms. The highest BCUT2D eigenvalue weighted by atomic mass is 16.1. The van der Waals surface area contributed by atoms with E-state index < -0.39 is 0 Å². The van der Waals surface area contributed by atoms with Gasteiger partial charge in [-0.3, -0.25) is 4.79 Å². The van der Waals surface area contributed by atoms with E-state index in [0.29, 0.717) is 0 Å². The number of nitrogens with zero attached hydrogens (tertiary/aromatic N) is 1. The molecule has 3 nitrogen and oxygen atoms in total. The molecule has 0 saturated heterocycles. The molecule has 0 atom stereocenters. The van der Waals surface area contributed by atoms with Gasteiger partial charge in [0.05, 0.1) is 0 Å². The third kappa shape index (κ3) is 3.60. The zero-order chi connectivity index (χ0) is 12.8. The lowest BCUT2D eigenvalue weighted by Crippen LogP contribution is -2.26. The predicted octanol–water partition coefficient (Wildman–Crippen LogP) is 2.43. The number of nitriles is 1. The van der Waals surface area contributed by atoms with Gasteiger partial charge < -0.3 is 5.32 Å². The minimum absolute atomic E-state index is 0.147. The van der Waals surface area contributed by atoms with Crippen LogP contribution in [0.4, 0.5) is 0 Å². The van der Waals surface area contributed by atoms with Crippen molar-refractivity contribution in [3.8, 4) is 6.07 Å². The minimum atomic E-state index is -0.280. The first kappa shape index (κ1) is 12.1. The van der Waals surface area contributed by atoms with Gasteiger partial charge in [0.15, 0.2) is 0 Å². The molecule has 18 heavy (non-hydrogen) atoms. The Morgan fingerprint density at radius 3 is 2.67 bits per heavy atom. The van der Waals surface area contributed by atoms with Crippen LogP contribution in [-0.4, -0.2) is 11.9 Å². The quantitative estimate of drug-likeness (QED) is 0.497. The topological polar surface area (TPSA) is 52.9 Å². The van der Waals surface area contributed by atoms with Crippen LogP contribution in [0.3, 0.4) is 0 Å². The van der Waals surface area contributed by atoms with E-state index in [-0.39, 0.29) is 17.5 Å². The smallest absolute Gasteiger partial charge is 0.262 e. The first-order chi connectivity index (χ1) is 8.79. The molecule has 1 N–H and O–H groups in total. The predicted molar refractivity (Wildman–Crippen MR) is 70.3 cm³/mol. The Balaban J connectivity index is 1.99. The fourth-order valence-electron chi connectivity index (χ4n) is 1.47. The van der Waals surface area contributed by atoms with Crippen LogP contribution in [-0.2, 0) is 4.79 Å². The van der Waals surface area contributed by atoms with Crippen molar-refractivity contribution in [1.82, 2.24) is 5.32 Å². The Hall–Kier alpha value is -2.34. The third-order valence-electron chi connectivity index (χ3n) is 2.63. The van der Waals surface area contributed by atoms with Crippen molar-refractivity contribution in [2.75, 3.05) is 0 Å². The van der Waals surface area contributed by atoms with E-state index in [0.717, 1.165) is 18.4 Å². The number of amides is 1. The molecule has 0 bridgehead atoms. The number of benzene rings is 1. The molecule has 0 heterocycles. The second-order valence-corrected chi connectivity index (χ2v) is 4.21. The summed E-state index contributed by atoms with van der Waals surface area (Å²) in [4.78, 5) is 11.6. The van der Waals surface area contributed by atoms with Gasteiger partial charge >= 0.3 is 0 Å². The standard InChI is InChI=1S/C15H14N2O/c16-11-13(15(18)17-14-9-10-14)8-4-7-12-5-2-1-3-6-12/h1-8,14H,9-10H2,(H,17,18)/b7-4+,13-8-. The van der Waals surface area contributed by atoms with E-state index in [2.05, 4.69) is 5.32 Å². The Labute approximate surface area is 106 Å². The minimum Gasteiger partial charge on any atom is -0.349 e. The maximum absolute atomic E-state index is 11.6. The van der Waals surface area contributed by atoms with E-state index in [1.165, 1.54) is 0 Å². The maximum Gasteiger partial charge on any atom is 0.262 e. The number of carbonyl (C=O) groups is 1. The molecule has 0 unspecified atom stereocenters. The molecule has 0 spiro atoms. The van der Waals surface area contributed by atoms with Gasteiger partial charge in [0.1, 0.15) is 11.6 Å². The summed E-state index contributed by atoms with van der Waals surface area (Å²) in [6.07, 6.45) is 7.17. The van der Waals surface area contributed by atoms with E-state index in [1.807, 2.05) is 42.5 Å². The molecule has 1 aromatic rings. The third-order valence-corrected chi connectivity index (χ3v) is 2.63. The molecule has 90 valence electrons. The van der Waals surface area contributed by atoms with Crippen molar-refractivity contribution >= 4 is 12.0 Å². The van der Waals surface area contributed by atoms with E-state index >= 15 is 0 Å². The lowest BCUT2D eigenvalue weighted by Gasteiger charge is -1.99. The molecule has 0 aromatic heterocycles. The summed E-state index contributed by atoms with van der Waals surface area (Å²) in [5.74, 6) is -0.280. The van der Waals surface area contributed by atoms with Crippen LogP contribution in [0.1, 0.15) is 18.4 Å². The summed E-state index contributed by atoms with van der Waals surface area (Å²) >= 11 is 0. The van der Waals surface area contributed by atoms with Crippen molar-refractivity contribution in [1.29, 1.82) is 5.26 Å². The van der Waals surface area contributed by atoms with Crippen LogP contribution >= 0.6 is 0 Å². The molecule has 1 saturated carbocycles. The Morgan fingerprint density at radius 2 is 2.06 bits per heavy atom. The summed E-state index contributed by atoms with van der Waals surface area (Å²) < 4.78 is 0. The van der Waals surface area contributed by atoms with Gasteiger partial charge in [0.25, 0.3) is 5.91 Å². The number of allylic oxidation sites excluding steroid dienone is 2. The summed E-state index contributed by atoms with van der Waals surface area (Å²) in [7, 11) is 0. The number of hydrogen-bond acceptors (Lipinski definition) is 2. The van der Waals surface area contributed by atoms with Crippen LogP contribution in [0, 0.1) is 11.3 Å². The second-order valence-electron chi connectivity index (χ2n) is 4.21. The van der Waals surface area contributed by atoms with Gasteiger partial charge in [-0.1, -0.05) is 42.5 Å². The van der Waals surface area contributed by atoms with Gasteiger partial charge in [-0.05, 0) is 24.5 Å². The molecule has 1 aliphatic rings. The van der Waals surface area contributed by atoms with Crippen molar-refractivity contribution in [3.05, 3.63) is 53.6 Å². The summed E-state index contributed by atoms with van der Waals surface area (Å²) in [5.41, 5.74) is 1.18. The van der Waals surface area contributed by atoms with E-state index in [1.54, 1.807) is 12.2 Å². The summed E-state index contributed by atoms with van der Waals surface area (Å²) in [5, 5.41) is 11.7. The first-order valence-corrected chi connectivity index (χ1v) is 5.94. The lowest BCUT2D eigenvalue weighted by molar-refractivity contribution is -0.117. The highest BCUT2D eigenvalue weighted by Gasteiger charge is 2.24. The molecule has 1 fully saturated rings. The van der Waals surface area contributed by atoms with E-state index in [9.17, 15) is 4.79 Å². The van der Waals surface area contributed by atoms with Crippen molar-refractivity contribution < 1.29 is 4.79 Å². The zero-order valence-corrected chi connectivity index (χ0v) is 9.97. The summed E-state index contributed by atoms with van der Waals surface area (Å²) in [6, 6.07) is 11.9. The SMILES string of the molecule is N#C/C(=C/C=C/c1ccccc1)C(=O)NC1CC1. The fraction of sp³-hybridized carbons (Fsp3) is 0.200. The molecule has 2 rings (SSSR count). The first-order valence-electron chi connectivity index (χ1n) is 5.94.